The molecular weight excluding hydrogens is 344 g/mol. The summed E-state index contributed by atoms with van der Waals surface area (Å²) in [5.41, 5.74) is 2.08. The highest BCUT2D eigenvalue weighted by Crippen LogP contribution is 2.11. The van der Waals surface area contributed by atoms with Crippen molar-refractivity contribution < 1.29 is 14.1 Å². The minimum Gasteiger partial charge on any atom is -0.359 e. The molecule has 1 aromatic heterocycles. The molecule has 0 aliphatic carbocycles. The monoisotopic (exact) mass is 370 g/mol. The van der Waals surface area contributed by atoms with Crippen LogP contribution in [0.4, 0.5) is 0 Å². The first kappa shape index (κ1) is 19.1. The first-order valence-electron chi connectivity index (χ1n) is 9.42. The second kappa shape index (κ2) is 9.32. The lowest BCUT2D eigenvalue weighted by Crippen LogP contribution is -2.56. The lowest BCUT2D eigenvalue weighted by molar-refractivity contribution is -0.134. The van der Waals surface area contributed by atoms with Gasteiger partial charge in [0.15, 0.2) is 5.76 Å². The van der Waals surface area contributed by atoms with Crippen molar-refractivity contribution in [3.8, 4) is 0 Å². The number of carbonyl (C=O) groups excluding carboxylic acids is 2. The number of hydrogen-bond donors (Lipinski definition) is 2. The molecule has 2 aromatic rings. The fraction of sp³-hybridized carbons (Fsp3) is 0.450. The third kappa shape index (κ3) is 5.40. The average Bonchev–Trinajstić information content (AvgIpc) is 3.16. The Morgan fingerprint density at radius 1 is 1.37 bits per heavy atom. The van der Waals surface area contributed by atoms with Crippen LogP contribution in [0.2, 0.25) is 0 Å². The Kier molecular flexibility index (Phi) is 6.59. The van der Waals surface area contributed by atoms with Crippen molar-refractivity contribution in [3.63, 3.8) is 0 Å². The molecule has 2 heterocycles. The minimum absolute atomic E-state index is 0.0857. The normalized spacial score (nSPS) is 17.5. The van der Waals surface area contributed by atoms with Gasteiger partial charge < -0.3 is 15.2 Å². The number of aromatic nitrogens is 1. The number of rotatable bonds is 8. The van der Waals surface area contributed by atoms with Gasteiger partial charge in [-0.2, -0.15) is 0 Å². The summed E-state index contributed by atoms with van der Waals surface area (Å²) in [4.78, 5) is 26.7. The van der Waals surface area contributed by atoms with Crippen LogP contribution in [0.3, 0.4) is 0 Å². The molecule has 0 saturated carbocycles. The van der Waals surface area contributed by atoms with Gasteiger partial charge in [-0.25, -0.2) is 0 Å². The Morgan fingerprint density at radius 2 is 2.19 bits per heavy atom. The highest BCUT2D eigenvalue weighted by molar-refractivity contribution is 5.88. The van der Waals surface area contributed by atoms with Crippen LogP contribution in [0.25, 0.3) is 0 Å². The Labute approximate surface area is 159 Å². The molecule has 144 valence electrons. The van der Waals surface area contributed by atoms with Gasteiger partial charge in [0.25, 0.3) is 0 Å². The third-order valence-corrected chi connectivity index (χ3v) is 4.78. The number of aryl methyl sites for hydroxylation is 1. The van der Waals surface area contributed by atoms with Crippen molar-refractivity contribution in [2.45, 2.75) is 38.8 Å². The van der Waals surface area contributed by atoms with Crippen molar-refractivity contribution in [1.29, 1.82) is 0 Å². The second-order valence-electron chi connectivity index (χ2n) is 6.70. The van der Waals surface area contributed by atoms with E-state index in [0.29, 0.717) is 12.3 Å². The predicted octanol–water partition coefficient (Wildman–Crippen LogP) is 1.29. The zero-order valence-electron chi connectivity index (χ0n) is 15.6. The van der Waals surface area contributed by atoms with Crippen LogP contribution >= 0.6 is 0 Å². The smallest absolute Gasteiger partial charge is 0.237 e. The van der Waals surface area contributed by atoms with Crippen LogP contribution in [-0.4, -0.2) is 47.5 Å². The topological polar surface area (TPSA) is 87.5 Å². The van der Waals surface area contributed by atoms with Crippen LogP contribution in [-0.2, 0) is 29.0 Å². The van der Waals surface area contributed by atoms with Crippen molar-refractivity contribution >= 4 is 11.8 Å². The number of hydrogen-bond acceptors (Lipinski definition) is 5. The Bertz CT molecular complexity index is 760. The molecule has 1 saturated heterocycles. The van der Waals surface area contributed by atoms with Gasteiger partial charge in [0, 0.05) is 25.7 Å². The van der Waals surface area contributed by atoms with Crippen molar-refractivity contribution in [1.82, 2.24) is 20.7 Å². The van der Waals surface area contributed by atoms with Crippen LogP contribution < -0.4 is 10.6 Å². The maximum atomic E-state index is 12.3. The molecule has 1 aliphatic rings. The molecule has 1 aliphatic heterocycles. The summed E-state index contributed by atoms with van der Waals surface area (Å²) in [6.07, 6.45) is 1.77. The largest absolute Gasteiger partial charge is 0.359 e. The second-order valence-corrected chi connectivity index (χ2v) is 6.70. The first-order valence-corrected chi connectivity index (χ1v) is 9.42. The summed E-state index contributed by atoms with van der Waals surface area (Å²) in [6.45, 7) is 4.38. The lowest BCUT2D eigenvalue weighted by Gasteiger charge is -2.34. The molecule has 0 bridgehead atoms. The van der Waals surface area contributed by atoms with Gasteiger partial charge in [-0.3, -0.25) is 14.5 Å². The summed E-state index contributed by atoms with van der Waals surface area (Å²) < 4.78 is 5.17. The maximum absolute atomic E-state index is 12.3. The number of piperazine rings is 1. The van der Waals surface area contributed by atoms with E-state index < -0.39 is 6.04 Å². The van der Waals surface area contributed by atoms with E-state index in [0.717, 1.165) is 31.6 Å². The summed E-state index contributed by atoms with van der Waals surface area (Å²) in [5.74, 6) is 0.364. The zero-order valence-corrected chi connectivity index (χ0v) is 15.6. The highest BCUT2D eigenvalue weighted by Gasteiger charge is 2.31. The molecule has 3 rings (SSSR count). The number of amides is 2. The van der Waals surface area contributed by atoms with Crippen molar-refractivity contribution in [2.75, 3.05) is 19.6 Å². The molecule has 1 aromatic carbocycles. The fourth-order valence-corrected chi connectivity index (χ4v) is 3.21. The van der Waals surface area contributed by atoms with Crippen molar-refractivity contribution in [2.24, 2.45) is 0 Å². The van der Waals surface area contributed by atoms with E-state index in [1.807, 2.05) is 31.2 Å². The van der Waals surface area contributed by atoms with E-state index in [2.05, 4.69) is 32.8 Å². The third-order valence-electron chi connectivity index (χ3n) is 4.78. The van der Waals surface area contributed by atoms with Crippen LogP contribution in [0, 0.1) is 0 Å². The number of carbonyl (C=O) groups is 2. The molecule has 2 amide bonds. The summed E-state index contributed by atoms with van der Waals surface area (Å²) in [5, 5.41) is 9.59. The van der Waals surface area contributed by atoms with E-state index >= 15 is 0 Å². The number of nitrogens with one attached hydrogen (secondary N) is 2. The molecule has 1 atom stereocenters. The fourth-order valence-electron chi connectivity index (χ4n) is 3.21. The Morgan fingerprint density at radius 3 is 2.93 bits per heavy atom. The van der Waals surface area contributed by atoms with Crippen LogP contribution in [0.5, 0.6) is 0 Å². The maximum Gasteiger partial charge on any atom is 0.237 e. The quantitative estimate of drug-likeness (QED) is 0.731. The SMILES string of the molecule is CCc1cc(CNC(=O)CC2C(=O)NCCN2CCc2ccccc2)on1. The molecule has 1 unspecified atom stereocenters. The summed E-state index contributed by atoms with van der Waals surface area (Å²) in [7, 11) is 0. The van der Waals surface area contributed by atoms with Crippen LogP contribution in [0.1, 0.15) is 30.4 Å². The van der Waals surface area contributed by atoms with Gasteiger partial charge in [0.2, 0.25) is 11.8 Å². The van der Waals surface area contributed by atoms with Gasteiger partial charge in [-0.1, -0.05) is 42.4 Å². The zero-order chi connectivity index (χ0) is 19.1. The Balaban J connectivity index is 1.52. The van der Waals surface area contributed by atoms with Gasteiger partial charge in [0.05, 0.1) is 24.7 Å². The van der Waals surface area contributed by atoms with E-state index in [4.69, 9.17) is 4.52 Å². The van der Waals surface area contributed by atoms with Gasteiger partial charge >= 0.3 is 0 Å². The van der Waals surface area contributed by atoms with Crippen LogP contribution in [0.15, 0.2) is 40.9 Å². The standard InChI is InChI=1S/C20H26N4O3/c1-2-16-12-17(27-23-16)14-22-19(25)13-18-20(26)21-9-11-24(18)10-8-15-6-4-3-5-7-15/h3-7,12,18H,2,8-11,13-14H2,1H3,(H,21,26)(H,22,25). The van der Waals surface area contributed by atoms with E-state index in [9.17, 15) is 9.59 Å². The minimum atomic E-state index is -0.441. The van der Waals surface area contributed by atoms with E-state index in [1.165, 1.54) is 5.56 Å². The molecular formula is C20H26N4O3. The molecule has 1 fully saturated rings. The summed E-state index contributed by atoms with van der Waals surface area (Å²) >= 11 is 0. The molecule has 2 N–H and O–H groups in total. The molecule has 27 heavy (non-hydrogen) atoms. The lowest BCUT2D eigenvalue weighted by atomic mass is 10.1. The van der Waals surface area contributed by atoms with Gasteiger partial charge in [0.1, 0.15) is 0 Å². The number of benzene rings is 1. The molecule has 0 spiro atoms. The molecule has 7 nitrogen and oxygen atoms in total. The predicted molar refractivity (Wildman–Crippen MR) is 101 cm³/mol. The first-order chi connectivity index (χ1) is 13.2. The van der Waals surface area contributed by atoms with E-state index in [-0.39, 0.29) is 24.8 Å². The average molecular weight is 370 g/mol. The summed E-state index contributed by atoms with van der Waals surface area (Å²) in [6, 6.07) is 11.6. The van der Waals surface area contributed by atoms with Gasteiger partial charge in [-0.05, 0) is 18.4 Å². The van der Waals surface area contributed by atoms with Crippen molar-refractivity contribution in [3.05, 3.63) is 53.4 Å². The molecule has 0 radical (unpaired) electrons. The molecule has 7 heteroatoms. The van der Waals surface area contributed by atoms with Gasteiger partial charge in [-0.15, -0.1) is 0 Å². The van der Waals surface area contributed by atoms with E-state index in [1.54, 1.807) is 0 Å². The highest BCUT2D eigenvalue weighted by atomic mass is 16.5. The number of nitrogens with zero attached hydrogens (tertiary/aromatic N) is 2. The Hall–Kier alpha value is -2.67.